The largest absolute Gasteiger partial charge is 0.502 e. The predicted molar refractivity (Wildman–Crippen MR) is 132 cm³/mol. The van der Waals surface area contributed by atoms with Gasteiger partial charge in [0, 0.05) is 5.57 Å². The molecule has 1 aromatic heterocycles. The Kier molecular flexibility index (Phi) is 5.56. The molecule has 5 rings (SSSR count). The van der Waals surface area contributed by atoms with Crippen LogP contribution in [0.4, 0.5) is 0 Å². The fourth-order valence-electron chi connectivity index (χ4n) is 3.93. The molecule has 0 aliphatic rings. The van der Waals surface area contributed by atoms with Gasteiger partial charge in [0.1, 0.15) is 11.4 Å². The Bertz CT molecular complexity index is 1390. The maximum absolute atomic E-state index is 11.7. The topological polar surface area (TPSA) is 41.9 Å². The molecule has 160 valence electrons. The van der Waals surface area contributed by atoms with E-state index in [2.05, 4.69) is 0 Å². The van der Waals surface area contributed by atoms with Crippen molar-refractivity contribution in [2.24, 2.45) is 0 Å². The average Bonchev–Trinajstić information content (AvgIpc) is 3.30. The van der Waals surface area contributed by atoms with Crippen LogP contribution in [0.3, 0.4) is 0 Å². The van der Waals surface area contributed by atoms with Crippen LogP contribution >= 0.6 is 0 Å². The standard InChI is InChI=1S/C29H23N3O/c1-22(23-14-6-2-7-15-23)27(33)29-31(25-18-10-4-11-19-25)28(24-16-8-3-9-17-24)30-32(29)26-20-12-5-13-21-26/h2-21H,1H3/p+1/b27-22-. The highest BCUT2D eigenvalue weighted by atomic mass is 16.3. The Morgan fingerprint density at radius 2 is 1.21 bits per heavy atom. The fourth-order valence-corrected chi connectivity index (χ4v) is 3.93. The minimum absolute atomic E-state index is 0.170. The number of nitrogens with zero attached hydrogens (tertiary/aromatic N) is 3. The molecule has 0 saturated carbocycles. The molecule has 33 heavy (non-hydrogen) atoms. The van der Waals surface area contributed by atoms with Crippen LogP contribution in [-0.4, -0.2) is 14.9 Å². The molecular weight excluding hydrogens is 406 g/mol. The first-order valence-corrected chi connectivity index (χ1v) is 10.9. The summed E-state index contributed by atoms with van der Waals surface area (Å²) < 4.78 is 3.83. The first kappa shape index (κ1) is 20.5. The number of aromatic nitrogens is 3. The van der Waals surface area contributed by atoms with E-state index in [0.29, 0.717) is 5.82 Å². The Hall–Kier alpha value is -4.44. The molecule has 5 aromatic rings. The van der Waals surface area contributed by atoms with Crippen LogP contribution in [0.1, 0.15) is 18.3 Å². The molecule has 0 atom stereocenters. The molecule has 0 radical (unpaired) electrons. The molecule has 0 aliphatic carbocycles. The van der Waals surface area contributed by atoms with E-state index in [1.165, 1.54) is 0 Å². The number of aliphatic hydroxyl groups is 1. The molecule has 4 nitrogen and oxygen atoms in total. The minimum Gasteiger partial charge on any atom is -0.502 e. The molecule has 4 aromatic carbocycles. The highest BCUT2D eigenvalue weighted by Gasteiger charge is 2.33. The maximum Gasteiger partial charge on any atom is 0.314 e. The number of hydrogen-bond acceptors (Lipinski definition) is 2. The van der Waals surface area contributed by atoms with Gasteiger partial charge in [-0.15, -0.1) is 0 Å². The van der Waals surface area contributed by atoms with Crippen molar-refractivity contribution >= 4 is 11.3 Å². The third-order valence-electron chi connectivity index (χ3n) is 5.64. The van der Waals surface area contributed by atoms with Gasteiger partial charge in [-0.2, -0.15) is 4.57 Å². The SMILES string of the molecule is C/C(=C(/O)c1n(-c2ccccc2)nc(-c2ccccc2)[n+]1-c1ccccc1)c1ccccc1. The summed E-state index contributed by atoms with van der Waals surface area (Å²) in [4.78, 5) is 0. The Morgan fingerprint density at radius 3 is 1.82 bits per heavy atom. The average molecular weight is 431 g/mol. The zero-order chi connectivity index (χ0) is 22.6. The number of allylic oxidation sites excluding steroid dienone is 1. The lowest BCUT2D eigenvalue weighted by atomic mass is 10.1. The van der Waals surface area contributed by atoms with Crippen LogP contribution < -0.4 is 4.57 Å². The van der Waals surface area contributed by atoms with Crippen LogP contribution in [0.5, 0.6) is 0 Å². The summed E-state index contributed by atoms with van der Waals surface area (Å²) in [5.41, 5.74) is 4.48. The van der Waals surface area contributed by atoms with Crippen molar-refractivity contribution in [2.75, 3.05) is 0 Å². The summed E-state index contributed by atoms with van der Waals surface area (Å²) >= 11 is 0. The van der Waals surface area contributed by atoms with Crippen LogP contribution in [-0.2, 0) is 0 Å². The number of rotatable bonds is 5. The van der Waals surface area contributed by atoms with Crippen molar-refractivity contribution in [1.29, 1.82) is 0 Å². The van der Waals surface area contributed by atoms with Crippen LogP contribution in [0, 0.1) is 0 Å². The first-order chi connectivity index (χ1) is 16.2. The highest BCUT2D eigenvalue weighted by molar-refractivity contribution is 5.83. The number of benzene rings is 4. The van der Waals surface area contributed by atoms with Crippen LogP contribution in [0.25, 0.3) is 34.1 Å². The van der Waals surface area contributed by atoms with Gasteiger partial charge in [-0.25, -0.2) is 0 Å². The second kappa shape index (κ2) is 8.97. The zero-order valence-corrected chi connectivity index (χ0v) is 18.3. The summed E-state index contributed by atoms with van der Waals surface area (Å²) in [6.45, 7) is 1.94. The molecule has 1 N–H and O–H groups in total. The molecule has 0 spiro atoms. The molecule has 0 saturated heterocycles. The lowest BCUT2D eigenvalue weighted by Crippen LogP contribution is -2.36. The van der Waals surface area contributed by atoms with E-state index >= 15 is 0 Å². The Balaban J connectivity index is 1.87. The Labute approximate surface area is 193 Å². The summed E-state index contributed by atoms with van der Waals surface area (Å²) in [7, 11) is 0. The van der Waals surface area contributed by atoms with Crippen molar-refractivity contribution in [3.05, 3.63) is 133 Å². The van der Waals surface area contributed by atoms with Crippen molar-refractivity contribution in [2.45, 2.75) is 6.92 Å². The predicted octanol–water partition coefficient (Wildman–Crippen LogP) is 6.26. The quantitative estimate of drug-likeness (QED) is 0.264. The van der Waals surface area contributed by atoms with Gasteiger partial charge in [-0.1, -0.05) is 89.6 Å². The van der Waals surface area contributed by atoms with Gasteiger partial charge in [-0.05, 0) is 48.9 Å². The van der Waals surface area contributed by atoms with Crippen molar-refractivity contribution in [3.63, 3.8) is 0 Å². The zero-order valence-electron chi connectivity index (χ0n) is 18.3. The van der Waals surface area contributed by atoms with Crippen molar-refractivity contribution in [3.8, 4) is 22.8 Å². The van der Waals surface area contributed by atoms with E-state index < -0.39 is 0 Å². The second-order valence-electron chi connectivity index (χ2n) is 7.77. The molecule has 0 aliphatic heterocycles. The molecule has 0 amide bonds. The van der Waals surface area contributed by atoms with E-state index in [1.54, 1.807) is 0 Å². The van der Waals surface area contributed by atoms with E-state index in [4.69, 9.17) is 5.10 Å². The molecule has 0 fully saturated rings. The Morgan fingerprint density at radius 1 is 0.697 bits per heavy atom. The molecule has 1 heterocycles. The lowest BCUT2D eigenvalue weighted by molar-refractivity contribution is -0.588. The first-order valence-electron chi connectivity index (χ1n) is 10.9. The second-order valence-corrected chi connectivity index (χ2v) is 7.77. The smallest absolute Gasteiger partial charge is 0.314 e. The third-order valence-corrected chi connectivity index (χ3v) is 5.64. The number of hydrogen-bond donors (Lipinski definition) is 1. The monoisotopic (exact) mass is 430 g/mol. The van der Waals surface area contributed by atoms with Crippen LogP contribution in [0.2, 0.25) is 0 Å². The van der Waals surface area contributed by atoms with Gasteiger partial charge in [0.25, 0.3) is 0 Å². The van der Waals surface area contributed by atoms with Gasteiger partial charge in [0.2, 0.25) is 0 Å². The molecule has 4 heteroatoms. The van der Waals surface area contributed by atoms with Gasteiger partial charge in [-0.3, -0.25) is 0 Å². The van der Waals surface area contributed by atoms with Gasteiger partial charge < -0.3 is 5.11 Å². The normalized spacial score (nSPS) is 11.8. The van der Waals surface area contributed by atoms with Gasteiger partial charge >= 0.3 is 11.6 Å². The molecule has 0 bridgehead atoms. The van der Waals surface area contributed by atoms with Crippen molar-refractivity contribution in [1.82, 2.24) is 9.78 Å². The summed E-state index contributed by atoms with van der Waals surface area (Å²) in [5.74, 6) is 1.50. The minimum atomic E-state index is 0.170. The lowest BCUT2D eigenvalue weighted by Gasteiger charge is -2.09. The van der Waals surface area contributed by atoms with Gasteiger partial charge in [0.15, 0.2) is 5.76 Å². The van der Waals surface area contributed by atoms with E-state index in [-0.39, 0.29) is 5.76 Å². The highest BCUT2D eigenvalue weighted by Crippen LogP contribution is 2.27. The van der Waals surface area contributed by atoms with Crippen LogP contribution in [0.15, 0.2) is 121 Å². The van der Waals surface area contributed by atoms with Crippen molar-refractivity contribution < 1.29 is 9.67 Å². The third kappa shape index (κ3) is 3.94. The van der Waals surface area contributed by atoms with E-state index in [9.17, 15) is 5.11 Å². The fraction of sp³-hybridized carbons (Fsp3) is 0.0345. The van der Waals surface area contributed by atoms with E-state index in [0.717, 1.165) is 33.9 Å². The number of para-hydroxylation sites is 2. The van der Waals surface area contributed by atoms with E-state index in [1.807, 2.05) is 137 Å². The summed E-state index contributed by atoms with van der Waals surface area (Å²) in [6, 6.07) is 39.9. The molecular formula is C29H24N3O+. The maximum atomic E-state index is 11.7. The molecule has 0 unspecified atom stereocenters. The number of aliphatic hydroxyl groups excluding tert-OH is 1. The summed E-state index contributed by atoms with van der Waals surface area (Å²) in [6.07, 6.45) is 0. The van der Waals surface area contributed by atoms with Gasteiger partial charge in [0.05, 0.1) is 10.7 Å². The summed E-state index contributed by atoms with van der Waals surface area (Å²) in [5, 5.41) is 16.7.